The highest BCUT2D eigenvalue weighted by atomic mass is 79.9. The largest absolute Gasteiger partial charge is 0.356 e. The van der Waals surface area contributed by atoms with Gasteiger partial charge in [-0.15, -0.1) is 0 Å². The summed E-state index contributed by atoms with van der Waals surface area (Å²) in [6.07, 6.45) is 1.70. The second kappa shape index (κ2) is 5.25. The summed E-state index contributed by atoms with van der Waals surface area (Å²) in [6.45, 7) is 0. The highest BCUT2D eigenvalue weighted by molar-refractivity contribution is 9.10. The van der Waals surface area contributed by atoms with Crippen LogP contribution in [0.5, 0.6) is 0 Å². The van der Waals surface area contributed by atoms with E-state index in [1.165, 1.54) is 0 Å². The van der Waals surface area contributed by atoms with Gasteiger partial charge in [0.05, 0.1) is 5.02 Å². The normalized spacial score (nSPS) is 10.3. The molecular weight excluding hydrogens is 371 g/mol. The molecule has 1 aromatic carbocycles. The molecule has 0 radical (unpaired) electrons. The van der Waals surface area contributed by atoms with Gasteiger partial charge in [-0.2, -0.15) is 0 Å². The number of anilines is 1. The maximum atomic E-state index is 11.8. The molecule has 17 heavy (non-hydrogen) atoms. The minimum absolute atomic E-state index is 0.214. The minimum atomic E-state index is -0.214. The summed E-state index contributed by atoms with van der Waals surface area (Å²) in [5.74, 6) is -0.214. The van der Waals surface area contributed by atoms with Crippen molar-refractivity contribution in [2.24, 2.45) is 0 Å². The molecule has 0 atom stereocenters. The van der Waals surface area contributed by atoms with Gasteiger partial charge in [0, 0.05) is 20.8 Å². The van der Waals surface area contributed by atoms with Crippen molar-refractivity contribution in [2.75, 3.05) is 5.32 Å². The zero-order chi connectivity index (χ0) is 12.4. The topological polar surface area (TPSA) is 44.9 Å². The molecule has 88 valence electrons. The molecule has 0 spiro atoms. The summed E-state index contributed by atoms with van der Waals surface area (Å²) >= 11 is 12.5. The second-order valence-corrected chi connectivity index (χ2v) is 5.49. The Morgan fingerprint density at radius 2 is 2.06 bits per heavy atom. The first-order chi connectivity index (χ1) is 8.06. The molecule has 0 saturated heterocycles. The fourth-order valence-corrected chi connectivity index (χ4v) is 2.04. The lowest BCUT2D eigenvalue weighted by Crippen LogP contribution is -2.12. The van der Waals surface area contributed by atoms with Gasteiger partial charge in [0.1, 0.15) is 5.69 Å². The number of hydrogen-bond acceptors (Lipinski definition) is 1. The number of halogens is 3. The standard InChI is InChI=1S/C11H7Br2ClN2O/c12-6-3-10(15-5-6)11(17)16-7-1-2-8(13)9(14)4-7/h1-5,15H,(H,16,17). The maximum Gasteiger partial charge on any atom is 0.272 e. The van der Waals surface area contributed by atoms with Crippen LogP contribution in [-0.4, -0.2) is 10.9 Å². The van der Waals surface area contributed by atoms with E-state index in [4.69, 9.17) is 11.6 Å². The highest BCUT2D eigenvalue weighted by Crippen LogP contribution is 2.25. The molecule has 6 heteroatoms. The molecule has 0 aliphatic heterocycles. The molecule has 2 aromatic rings. The number of aromatic amines is 1. The van der Waals surface area contributed by atoms with Crippen molar-refractivity contribution < 1.29 is 4.79 Å². The van der Waals surface area contributed by atoms with Gasteiger partial charge in [0.25, 0.3) is 5.91 Å². The smallest absolute Gasteiger partial charge is 0.272 e. The molecule has 2 N–H and O–H groups in total. The number of rotatable bonds is 2. The quantitative estimate of drug-likeness (QED) is 0.797. The highest BCUT2D eigenvalue weighted by Gasteiger charge is 2.08. The Hall–Kier alpha value is -0.780. The predicted octanol–water partition coefficient (Wildman–Crippen LogP) is 4.45. The van der Waals surface area contributed by atoms with Crippen molar-refractivity contribution in [1.82, 2.24) is 4.98 Å². The number of carbonyl (C=O) groups is 1. The average Bonchev–Trinajstić information content (AvgIpc) is 2.70. The van der Waals surface area contributed by atoms with E-state index in [0.717, 1.165) is 8.95 Å². The lowest BCUT2D eigenvalue weighted by atomic mass is 10.3. The van der Waals surface area contributed by atoms with Crippen LogP contribution in [-0.2, 0) is 0 Å². The Balaban J connectivity index is 2.15. The number of H-pyrrole nitrogens is 1. The second-order valence-electron chi connectivity index (χ2n) is 3.31. The fourth-order valence-electron chi connectivity index (χ4n) is 1.27. The SMILES string of the molecule is O=C(Nc1ccc(Br)c(Cl)c1)c1cc(Br)c[nH]1. The van der Waals surface area contributed by atoms with E-state index >= 15 is 0 Å². The first-order valence-corrected chi connectivity index (χ1v) is 6.63. The van der Waals surface area contributed by atoms with E-state index in [-0.39, 0.29) is 5.91 Å². The summed E-state index contributed by atoms with van der Waals surface area (Å²) in [5.41, 5.74) is 1.13. The Morgan fingerprint density at radius 1 is 1.29 bits per heavy atom. The molecule has 1 aromatic heterocycles. The third-order valence-corrected chi connectivity index (χ3v) is 3.76. The van der Waals surface area contributed by atoms with Gasteiger partial charge < -0.3 is 10.3 Å². The predicted molar refractivity (Wildman–Crippen MR) is 75.6 cm³/mol. The van der Waals surface area contributed by atoms with Crippen LogP contribution >= 0.6 is 43.5 Å². The van der Waals surface area contributed by atoms with E-state index in [0.29, 0.717) is 16.4 Å². The summed E-state index contributed by atoms with van der Waals surface area (Å²) < 4.78 is 1.62. The van der Waals surface area contributed by atoms with Gasteiger partial charge in [-0.1, -0.05) is 11.6 Å². The first kappa shape index (κ1) is 12.7. The van der Waals surface area contributed by atoms with Crippen LogP contribution in [0.1, 0.15) is 10.5 Å². The van der Waals surface area contributed by atoms with Crippen LogP contribution in [0.4, 0.5) is 5.69 Å². The van der Waals surface area contributed by atoms with Crippen LogP contribution < -0.4 is 5.32 Å². The Kier molecular flexibility index (Phi) is 3.91. The van der Waals surface area contributed by atoms with Gasteiger partial charge in [-0.25, -0.2) is 0 Å². The molecule has 3 nitrogen and oxygen atoms in total. The molecule has 0 unspecified atom stereocenters. The van der Waals surface area contributed by atoms with Crippen molar-refractivity contribution >= 4 is 55.1 Å². The summed E-state index contributed by atoms with van der Waals surface area (Å²) in [7, 11) is 0. The Bertz CT molecular complexity index is 568. The van der Waals surface area contributed by atoms with E-state index in [1.54, 1.807) is 30.5 Å². The van der Waals surface area contributed by atoms with Crippen LogP contribution in [0.2, 0.25) is 5.02 Å². The number of amides is 1. The zero-order valence-corrected chi connectivity index (χ0v) is 12.4. The molecule has 0 fully saturated rings. The van der Waals surface area contributed by atoms with Crippen LogP contribution in [0, 0.1) is 0 Å². The van der Waals surface area contributed by atoms with E-state index in [9.17, 15) is 4.79 Å². The number of hydrogen-bond donors (Lipinski definition) is 2. The van der Waals surface area contributed by atoms with Gasteiger partial charge >= 0.3 is 0 Å². The summed E-state index contributed by atoms with van der Waals surface area (Å²) in [5, 5.41) is 3.29. The molecule has 2 rings (SSSR count). The van der Waals surface area contributed by atoms with E-state index < -0.39 is 0 Å². The molecule has 0 aliphatic rings. The van der Waals surface area contributed by atoms with Gasteiger partial charge in [-0.3, -0.25) is 4.79 Å². The molecular formula is C11H7Br2ClN2O. The van der Waals surface area contributed by atoms with Gasteiger partial charge in [-0.05, 0) is 56.1 Å². The molecule has 0 saturated carbocycles. The van der Waals surface area contributed by atoms with Crippen LogP contribution in [0.15, 0.2) is 39.4 Å². The van der Waals surface area contributed by atoms with Crippen molar-refractivity contribution in [3.05, 3.63) is 50.1 Å². The minimum Gasteiger partial charge on any atom is -0.356 e. The van der Waals surface area contributed by atoms with E-state index in [2.05, 4.69) is 42.2 Å². The summed E-state index contributed by atoms with van der Waals surface area (Å²) in [6, 6.07) is 6.94. The monoisotopic (exact) mass is 376 g/mol. The van der Waals surface area contributed by atoms with Crippen LogP contribution in [0.3, 0.4) is 0 Å². The molecule has 0 bridgehead atoms. The summed E-state index contributed by atoms with van der Waals surface area (Å²) in [4.78, 5) is 14.7. The van der Waals surface area contributed by atoms with Crippen LogP contribution in [0.25, 0.3) is 0 Å². The number of aromatic nitrogens is 1. The van der Waals surface area contributed by atoms with Crippen molar-refractivity contribution in [2.45, 2.75) is 0 Å². The Labute approximate surface area is 120 Å². The lowest BCUT2D eigenvalue weighted by Gasteiger charge is -2.04. The van der Waals surface area contributed by atoms with E-state index in [1.807, 2.05) is 0 Å². The Morgan fingerprint density at radius 3 is 2.65 bits per heavy atom. The third kappa shape index (κ3) is 3.12. The van der Waals surface area contributed by atoms with Gasteiger partial charge in [0.2, 0.25) is 0 Å². The molecule has 0 aliphatic carbocycles. The average molecular weight is 378 g/mol. The number of carbonyl (C=O) groups excluding carboxylic acids is 1. The fraction of sp³-hybridized carbons (Fsp3) is 0. The van der Waals surface area contributed by atoms with Gasteiger partial charge in [0.15, 0.2) is 0 Å². The van der Waals surface area contributed by atoms with Crippen molar-refractivity contribution in [1.29, 1.82) is 0 Å². The van der Waals surface area contributed by atoms with Crippen molar-refractivity contribution in [3.8, 4) is 0 Å². The van der Waals surface area contributed by atoms with Crippen molar-refractivity contribution in [3.63, 3.8) is 0 Å². The maximum absolute atomic E-state index is 11.8. The zero-order valence-electron chi connectivity index (χ0n) is 8.43. The third-order valence-electron chi connectivity index (χ3n) is 2.07. The number of nitrogens with one attached hydrogen (secondary N) is 2. The first-order valence-electron chi connectivity index (χ1n) is 4.66. The molecule has 1 amide bonds. The lowest BCUT2D eigenvalue weighted by molar-refractivity contribution is 0.102. The molecule has 1 heterocycles. The number of benzene rings is 1.